The summed E-state index contributed by atoms with van der Waals surface area (Å²) in [6.45, 7) is 6.54. The maximum atomic E-state index is 10.5. The first-order chi connectivity index (χ1) is 9.09. The SMILES string of the molecule is CCOC(C)(CC)C(O)c1ccc(OC2CC2)cc1. The second-order valence-corrected chi connectivity index (χ2v) is 5.39. The van der Waals surface area contributed by atoms with Gasteiger partial charge >= 0.3 is 0 Å². The normalized spacial score (nSPS) is 19.8. The summed E-state index contributed by atoms with van der Waals surface area (Å²) in [5.74, 6) is 0.882. The standard InChI is InChI=1S/C16H24O3/c1-4-16(3,18-5-2)15(17)12-6-8-13(9-7-12)19-14-10-11-14/h6-9,14-15,17H,4-5,10-11H2,1-3H3. The summed E-state index contributed by atoms with van der Waals surface area (Å²) >= 11 is 0. The zero-order valence-electron chi connectivity index (χ0n) is 12.1. The van der Waals surface area contributed by atoms with Crippen molar-refractivity contribution in [2.75, 3.05) is 6.61 Å². The third kappa shape index (κ3) is 3.48. The van der Waals surface area contributed by atoms with Gasteiger partial charge in [-0.25, -0.2) is 0 Å². The van der Waals surface area contributed by atoms with Crippen LogP contribution in [0.15, 0.2) is 24.3 Å². The van der Waals surface area contributed by atoms with Gasteiger partial charge in [-0.05, 0) is 50.8 Å². The Hall–Kier alpha value is -1.06. The highest BCUT2D eigenvalue weighted by atomic mass is 16.5. The quantitative estimate of drug-likeness (QED) is 0.819. The van der Waals surface area contributed by atoms with Gasteiger partial charge in [-0.1, -0.05) is 19.1 Å². The first-order valence-electron chi connectivity index (χ1n) is 7.17. The molecule has 1 saturated carbocycles. The fraction of sp³-hybridized carbons (Fsp3) is 0.625. The molecule has 0 bridgehead atoms. The van der Waals surface area contributed by atoms with E-state index in [9.17, 15) is 5.11 Å². The molecule has 0 aromatic heterocycles. The molecule has 1 aliphatic carbocycles. The number of hydrogen-bond donors (Lipinski definition) is 1. The average molecular weight is 264 g/mol. The molecule has 2 rings (SSSR count). The summed E-state index contributed by atoms with van der Waals surface area (Å²) in [4.78, 5) is 0. The van der Waals surface area contributed by atoms with E-state index in [2.05, 4.69) is 0 Å². The molecule has 2 atom stereocenters. The summed E-state index contributed by atoms with van der Waals surface area (Å²) < 4.78 is 11.4. The minimum absolute atomic E-state index is 0.403. The summed E-state index contributed by atoms with van der Waals surface area (Å²) in [6.07, 6.45) is 2.86. The molecule has 0 aliphatic heterocycles. The smallest absolute Gasteiger partial charge is 0.119 e. The first-order valence-corrected chi connectivity index (χ1v) is 7.17. The molecule has 1 N–H and O–H groups in total. The highest BCUT2D eigenvalue weighted by Crippen LogP contribution is 2.33. The van der Waals surface area contributed by atoms with Gasteiger partial charge in [0, 0.05) is 6.61 Å². The maximum Gasteiger partial charge on any atom is 0.119 e. The Labute approximate surface area is 115 Å². The number of rotatable bonds is 7. The van der Waals surface area contributed by atoms with Crippen LogP contribution in [0.5, 0.6) is 5.75 Å². The van der Waals surface area contributed by atoms with E-state index >= 15 is 0 Å². The number of ether oxygens (including phenoxy) is 2. The molecule has 1 aromatic rings. The van der Waals surface area contributed by atoms with Crippen LogP contribution in [0.3, 0.4) is 0 Å². The van der Waals surface area contributed by atoms with Crippen LogP contribution in [0.2, 0.25) is 0 Å². The largest absolute Gasteiger partial charge is 0.490 e. The van der Waals surface area contributed by atoms with Crippen LogP contribution in [0, 0.1) is 0 Å². The molecule has 0 heterocycles. The van der Waals surface area contributed by atoms with Gasteiger partial charge < -0.3 is 14.6 Å². The van der Waals surface area contributed by atoms with E-state index in [1.54, 1.807) is 0 Å². The van der Waals surface area contributed by atoms with Crippen LogP contribution >= 0.6 is 0 Å². The topological polar surface area (TPSA) is 38.7 Å². The van der Waals surface area contributed by atoms with Gasteiger partial charge in [-0.2, -0.15) is 0 Å². The van der Waals surface area contributed by atoms with E-state index in [4.69, 9.17) is 9.47 Å². The molecule has 3 nitrogen and oxygen atoms in total. The second kappa shape index (κ2) is 5.93. The Morgan fingerprint density at radius 2 is 1.89 bits per heavy atom. The molecule has 1 aliphatic rings. The van der Waals surface area contributed by atoms with E-state index in [1.165, 1.54) is 0 Å². The summed E-state index contributed by atoms with van der Waals surface area (Å²) in [7, 11) is 0. The average Bonchev–Trinajstić information content (AvgIpc) is 3.23. The number of benzene rings is 1. The fourth-order valence-corrected chi connectivity index (χ4v) is 2.16. The molecule has 2 unspecified atom stereocenters. The van der Waals surface area contributed by atoms with Crippen molar-refractivity contribution in [2.45, 2.75) is 57.8 Å². The van der Waals surface area contributed by atoms with Crippen molar-refractivity contribution < 1.29 is 14.6 Å². The van der Waals surface area contributed by atoms with Crippen molar-refractivity contribution in [3.8, 4) is 5.75 Å². The summed E-state index contributed by atoms with van der Waals surface area (Å²) in [5, 5.41) is 10.5. The summed E-state index contributed by atoms with van der Waals surface area (Å²) in [6, 6.07) is 7.71. The zero-order chi connectivity index (χ0) is 13.9. The molecular weight excluding hydrogens is 240 g/mol. The van der Waals surface area contributed by atoms with Gasteiger partial charge in [0.2, 0.25) is 0 Å². The van der Waals surface area contributed by atoms with Crippen molar-refractivity contribution in [1.82, 2.24) is 0 Å². The Kier molecular flexibility index (Phi) is 4.48. The van der Waals surface area contributed by atoms with Gasteiger partial charge in [0.15, 0.2) is 0 Å². The Morgan fingerprint density at radius 1 is 1.26 bits per heavy atom. The van der Waals surface area contributed by atoms with E-state index in [-0.39, 0.29) is 0 Å². The van der Waals surface area contributed by atoms with Crippen LogP contribution in [0.25, 0.3) is 0 Å². The van der Waals surface area contributed by atoms with Crippen molar-refractivity contribution >= 4 is 0 Å². The third-order valence-corrected chi connectivity index (χ3v) is 3.78. The van der Waals surface area contributed by atoms with Crippen molar-refractivity contribution in [3.05, 3.63) is 29.8 Å². The van der Waals surface area contributed by atoms with E-state index in [0.29, 0.717) is 12.7 Å². The molecule has 0 radical (unpaired) electrons. The van der Waals surface area contributed by atoms with E-state index < -0.39 is 11.7 Å². The monoisotopic (exact) mass is 264 g/mol. The fourth-order valence-electron chi connectivity index (χ4n) is 2.16. The van der Waals surface area contributed by atoms with Gasteiger partial charge in [-0.15, -0.1) is 0 Å². The Balaban J connectivity index is 2.06. The van der Waals surface area contributed by atoms with E-state index in [1.807, 2.05) is 45.0 Å². The molecule has 106 valence electrons. The van der Waals surface area contributed by atoms with Gasteiger partial charge in [0.1, 0.15) is 11.9 Å². The second-order valence-electron chi connectivity index (χ2n) is 5.39. The van der Waals surface area contributed by atoms with Crippen LogP contribution < -0.4 is 4.74 Å². The van der Waals surface area contributed by atoms with Gasteiger partial charge in [-0.3, -0.25) is 0 Å². The highest BCUT2D eigenvalue weighted by Gasteiger charge is 2.33. The van der Waals surface area contributed by atoms with E-state index in [0.717, 1.165) is 30.6 Å². The molecule has 0 amide bonds. The van der Waals surface area contributed by atoms with Crippen LogP contribution in [-0.2, 0) is 4.74 Å². The molecule has 19 heavy (non-hydrogen) atoms. The van der Waals surface area contributed by atoms with Crippen molar-refractivity contribution in [3.63, 3.8) is 0 Å². The Morgan fingerprint density at radius 3 is 2.37 bits per heavy atom. The lowest BCUT2D eigenvalue weighted by atomic mass is 9.90. The lowest BCUT2D eigenvalue weighted by Gasteiger charge is -2.33. The molecule has 1 aromatic carbocycles. The molecule has 1 fully saturated rings. The predicted octanol–water partition coefficient (Wildman–Crippen LogP) is 3.47. The maximum absolute atomic E-state index is 10.5. The first kappa shape index (κ1) is 14.4. The van der Waals surface area contributed by atoms with Gasteiger partial charge in [0.25, 0.3) is 0 Å². The molecular formula is C16H24O3. The summed E-state index contributed by atoms with van der Waals surface area (Å²) in [5.41, 5.74) is 0.342. The third-order valence-electron chi connectivity index (χ3n) is 3.78. The number of aliphatic hydroxyl groups excluding tert-OH is 1. The molecule has 0 spiro atoms. The van der Waals surface area contributed by atoms with Crippen molar-refractivity contribution in [1.29, 1.82) is 0 Å². The van der Waals surface area contributed by atoms with Gasteiger partial charge in [0.05, 0.1) is 11.7 Å². The molecule has 0 saturated heterocycles. The lowest BCUT2D eigenvalue weighted by Crippen LogP contribution is -2.35. The van der Waals surface area contributed by atoms with Crippen LogP contribution in [0.4, 0.5) is 0 Å². The van der Waals surface area contributed by atoms with Crippen LogP contribution in [-0.4, -0.2) is 23.4 Å². The van der Waals surface area contributed by atoms with Crippen molar-refractivity contribution in [2.24, 2.45) is 0 Å². The van der Waals surface area contributed by atoms with Crippen LogP contribution in [0.1, 0.15) is 51.7 Å². The minimum Gasteiger partial charge on any atom is -0.490 e. The molecule has 3 heteroatoms. The predicted molar refractivity (Wildman–Crippen MR) is 75.4 cm³/mol. The minimum atomic E-state index is -0.618. The Bertz CT molecular complexity index is 397. The number of hydrogen-bond acceptors (Lipinski definition) is 3. The highest BCUT2D eigenvalue weighted by molar-refractivity contribution is 5.30. The number of aliphatic hydroxyl groups is 1. The lowest BCUT2D eigenvalue weighted by molar-refractivity contribution is -0.113. The zero-order valence-corrected chi connectivity index (χ0v) is 12.1.